The number of Topliss-reactive ketones (excluding diaryl/α,β-unsaturated/α-hetero) is 1. The molecule has 0 aromatic rings. The summed E-state index contributed by atoms with van der Waals surface area (Å²) in [6, 6.07) is 0. The lowest BCUT2D eigenvalue weighted by Crippen LogP contribution is -2.17. The summed E-state index contributed by atoms with van der Waals surface area (Å²) in [7, 11) is 1.80. The minimum absolute atomic E-state index is 0.0619. The molecule has 12 heavy (non-hydrogen) atoms. The Kier molecular flexibility index (Phi) is 3.48. The summed E-state index contributed by atoms with van der Waals surface area (Å²) in [6.45, 7) is 14.4. The highest BCUT2D eigenvalue weighted by Gasteiger charge is 2.09. The molecular formula is C10H15NO. The molecule has 66 valence electrons. The van der Waals surface area contributed by atoms with Crippen LogP contribution < -0.4 is 0 Å². The molecule has 2 nitrogen and oxygen atoms in total. The smallest absolute Gasteiger partial charge is 0.161 e. The minimum Gasteiger partial charge on any atom is -0.349 e. The van der Waals surface area contributed by atoms with E-state index in [1.807, 2.05) is 6.92 Å². The van der Waals surface area contributed by atoms with Crippen molar-refractivity contribution in [1.82, 2.24) is 4.90 Å². The third kappa shape index (κ3) is 2.38. The molecule has 0 amide bonds. The maximum Gasteiger partial charge on any atom is 0.161 e. The van der Waals surface area contributed by atoms with Gasteiger partial charge in [-0.2, -0.15) is 0 Å². The zero-order chi connectivity index (χ0) is 9.89. The lowest BCUT2D eigenvalue weighted by atomic mass is 10.1. The van der Waals surface area contributed by atoms with E-state index in [1.165, 1.54) is 6.92 Å². The molecule has 0 saturated heterocycles. The van der Waals surface area contributed by atoms with E-state index in [9.17, 15) is 4.79 Å². The van der Waals surface area contributed by atoms with Crippen LogP contribution in [0, 0.1) is 0 Å². The lowest BCUT2D eigenvalue weighted by Gasteiger charge is -2.21. The fourth-order valence-electron chi connectivity index (χ4n) is 0.636. The highest BCUT2D eigenvalue weighted by atomic mass is 16.1. The number of hydrogen-bond acceptors (Lipinski definition) is 2. The van der Waals surface area contributed by atoms with Crippen LogP contribution >= 0.6 is 0 Å². The summed E-state index contributed by atoms with van der Waals surface area (Å²) < 4.78 is 0. The van der Waals surface area contributed by atoms with Gasteiger partial charge >= 0.3 is 0 Å². The molecule has 2 heteroatoms. The molecule has 0 N–H and O–H groups in total. The van der Waals surface area contributed by atoms with Gasteiger partial charge in [0, 0.05) is 24.0 Å². The van der Waals surface area contributed by atoms with Crippen LogP contribution in [0.2, 0.25) is 0 Å². The monoisotopic (exact) mass is 165 g/mol. The Bertz CT molecular complexity index is 251. The third-order valence-corrected chi connectivity index (χ3v) is 1.75. The van der Waals surface area contributed by atoms with Gasteiger partial charge in [0.25, 0.3) is 0 Å². The van der Waals surface area contributed by atoms with Gasteiger partial charge in [-0.05, 0) is 13.8 Å². The van der Waals surface area contributed by atoms with Crippen LogP contribution in [-0.2, 0) is 4.79 Å². The predicted molar refractivity (Wildman–Crippen MR) is 51.5 cm³/mol. The average Bonchev–Trinajstić information content (AvgIpc) is 2.00. The molecular weight excluding hydrogens is 150 g/mol. The molecule has 0 aliphatic rings. The Morgan fingerprint density at radius 1 is 1.17 bits per heavy atom. The third-order valence-electron chi connectivity index (χ3n) is 1.75. The molecule has 0 rings (SSSR count). The summed E-state index contributed by atoms with van der Waals surface area (Å²) in [5.74, 6) is -0.0619. The topological polar surface area (TPSA) is 20.3 Å². The van der Waals surface area contributed by atoms with Crippen molar-refractivity contribution in [3.05, 3.63) is 36.7 Å². The lowest BCUT2D eigenvalue weighted by molar-refractivity contribution is -0.113. The first kappa shape index (κ1) is 10.7. The predicted octanol–water partition coefficient (Wildman–Crippen LogP) is 2.11. The van der Waals surface area contributed by atoms with Gasteiger partial charge in [-0.3, -0.25) is 4.79 Å². The second-order valence-corrected chi connectivity index (χ2v) is 2.78. The van der Waals surface area contributed by atoms with Gasteiger partial charge in [0.1, 0.15) is 0 Å². The molecule has 0 aliphatic heterocycles. The molecule has 0 fully saturated rings. The summed E-state index contributed by atoms with van der Waals surface area (Å²) in [6.07, 6.45) is 0. The van der Waals surface area contributed by atoms with Crippen LogP contribution in [-0.4, -0.2) is 17.7 Å². The van der Waals surface area contributed by atoms with Crippen LogP contribution in [0.1, 0.15) is 13.8 Å². The standard InChI is InChI=1S/C10H15NO/c1-7(2)11(6)9(4)8(3)10(5)12/h1,3-4H2,2,5-6H3. The van der Waals surface area contributed by atoms with Gasteiger partial charge in [0.2, 0.25) is 0 Å². The first-order valence-corrected chi connectivity index (χ1v) is 3.66. The van der Waals surface area contributed by atoms with Gasteiger partial charge < -0.3 is 4.90 Å². The zero-order valence-corrected chi connectivity index (χ0v) is 7.98. The van der Waals surface area contributed by atoms with Crippen molar-refractivity contribution in [2.24, 2.45) is 0 Å². The molecule has 0 atom stereocenters. The Hall–Kier alpha value is -1.31. The number of hydrogen-bond donors (Lipinski definition) is 0. The summed E-state index contributed by atoms with van der Waals surface area (Å²) in [5, 5.41) is 0. The van der Waals surface area contributed by atoms with Crippen molar-refractivity contribution in [2.75, 3.05) is 7.05 Å². The van der Waals surface area contributed by atoms with Crippen molar-refractivity contribution >= 4 is 5.78 Å². The van der Waals surface area contributed by atoms with Gasteiger partial charge in [0.15, 0.2) is 5.78 Å². The van der Waals surface area contributed by atoms with Crippen LogP contribution in [0.25, 0.3) is 0 Å². The van der Waals surface area contributed by atoms with Crippen LogP contribution in [0.3, 0.4) is 0 Å². The summed E-state index contributed by atoms with van der Waals surface area (Å²) in [5.41, 5.74) is 1.87. The Balaban J connectivity index is 4.51. The maximum atomic E-state index is 10.9. The van der Waals surface area contributed by atoms with Crippen molar-refractivity contribution < 1.29 is 4.79 Å². The van der Waals surface area contributed by atoms with Crippen molar-refractivity contribution in [2.45, 2.75) is 13.8 Å². The van der Waals surface area contributed by atoms with Crippen LogP contribution in [0.15, 0.2) is 36.7 Å². The Morgan fingerprint density at radius 2 is 1.58 bits per heavy atom. The van der Waals surface area contributed by atoms with Crippen molar-refractivity contribution in [3.63, 3.8) is 0 Å². The fourth-order valence-corrected chi connectivity index (χ4v) is 0.636. The molecule has 0 unspecified atom stereocenters. The number of likely N-dealkylation sites (N-methyl/N-ethyl adjacent to an activating group) is 1. The van der Waals surface area contributed by atoms with Gasteiger partial charge in [-0.1, -0.05) is 19.7 Å². The highest BCUT2D eigenvalue weighted by molar-refractivity contribution is 5.96. The number of rotatable bonds is 4. The SMILES string of the molecule is C=C(C(=C)N(C)C(=C)C)C(C)=O. The molecule has 0 heterocycles. The van der Waals surface area contributed by atoms with E-state index in [4.69, 9.17) is 0 Å². The second kappa shape index (κ2) is 3.90. The van der Waals surface area contributed by atoms with E-state index >= 15 is 0 Å². The Morgan fingerprint density at radius 3 is 1.83 bits per heavy atom. The highest BCUT2D eigenvalue weighted by Crippen LogP contribution is 2.14. The number of ketones is 1. The van der Waals surface area contributed by atoms with Crippen molar-refractivity contribution in [3.8, 4) is 0 Å². The zero-order valence-electron chi connectivity index (χ0n) is 7.98. The van der Waals surface area contributed by atoms with Crippen LogP contribution in [0.5, 0.6) is 0 Å². The summed E-state index contributed by atoms with van der Waals surface area (Å²) >= 11 is 0. The minimum atomic E-state index is -0.0619. The van der Waals surface area contributed by atoms with Gasteiger partial charge in [-0.15, -0.1) is 0 Å². The van der Waals surface area contributed by atoms with E-state index in [2.05, 4.69) is 19.7 Å². The van der Waals surface area contributed by atoms with E-state index in [0.29, 0.717) is 11.3 Å². The molecule has 0 spiro atoms. The Labute approximate surface area is 73.9 Å². The largest absolute Gasteiger partial charge is 0.349 e. The normalized spacial score (nSPS) is 8.92. The average molecular weight is 165 g/mol. The molecule has 0 aromatic carbocycles. The van der Waals surface area contributed by atoms with Crippen molar-refractivity contribution in [1.29, 1.82) is 0 Å². The van der Waals surface area contributed by atoms with E-state index in [0.717, 1.165) is 5.70 Å². The van der Waals surface area contributed by atoms with E-state index in [1.54, 1.807) is 11.9 Å². The van der Waals surface area contributed by atoms with E-state index < -0.39 is 0 Å². The summed E-state index contributed by atoms with van der Waals surface area (Å²) in [4.78, 5) is 12.6. The van der Waals surface area contributed by atoms with Gasteiger partial charge in [0.05, 0.1) is 0 Å². The fraction of sp³-hybridized carbons (Fsp3) is 0.300. The van der Waals surface area contributed by atoms with Crippen LogP contribution in [0.4, 0.5) is 0 Å². The quantitative estimate of drug-likeness (QED) is 0.469. The first-order valence-electron chi connectivity index (χ1n) is 3.66. The second-order valence-electron chi connectivity index (χ2n) is 2.78. The maximum absolute atomic E-state index is 10.9. The number of allylic oxidation sites excluding steroid dienone is 2. The molecule has 0 radical (unpaired) electrons. The van der Waals surface area contributed by atoms with Gasteiger partial charge in [-0.25, -0.2) is 0 Å². The number of carbonyl (C=O) groups excluding carboxylic acids is 1. The van der Waals surface area contributed by atoms with E-state index in [-0.39, 0.29) is 5.78 Å². The molecule has 0 aromatic heterocycles. The molecule has 0 saturated carbocycles. The molecule has 0 aliphatic carbocycles. The molecule has 0 bridgehead atoms. The first-order chi connectivity index (χ1) is 5.37. The number of carbonyl (C=O) groups is 1. The number of nitrogens with zero attached hydrogens (tertiary/aromatic N) is 1.